The molecule has 0 unspecified atom stereocenters. The van der Waals surface area contributed by atoms with Crippen molar-refractivity contribution in [2.75, 3.05) is 14.2 Å². The fourth-order valence-electron chi connectivity index (χ4n) is 2.22. The van der Waals surface area contributed by atoms with Gasteiger partial charge in [0.2, 0.25) is 0 Å². The molecule has 132 valence electrons. The van der Waals surface area contributed by atoms with Crippen molar-refractivity contribution < 1.29 is 4.74 Å². The standard InChI is InChI=1S/C16H24N6O.HI/c1-11-6-13(8-14(7-11)23-5)9-18-16(17-3)19-10-15-21-20-12(2)22(15)4;/h6-8H,9-10H2,1-5H3,(H2,17,18,19);1H. The van der Waals surface area contributed by atoms with E-state index in [1.807, 2.05) is 30.7 Å². The molecule has 1 heterocycles. The number of aliphatic imine (C=N–C) groups is 1. The highest BCUT2D eigenvalue weighted by molar-refractivity contribution is 14.0. The Bertz CT molecular complexity index is 698. The van der Waals surface area contributed by atoms with Crippen molar-refractivity contribution >= 4 is 29.9 Å². The van der Waals surface area contributed by atoms with Gasteiger partial charge in [-0.05, 0) is 37.1 Å². The highest BCUT2D eigenvalue weighted by Gasteiger charge is 2.06. The molecule has 2 rings (SSSR count). The second-order valence-corrected chi connectivity index (χ2v) is 5.36. The largest absolute Gasteiger partial charge is 0.497 e. The second kappa shape index (κ2) is 9.45. The van der Waals surface area contributed by atoms with Crippen molar-refractivity contribution in [3.05, 3.63) is 41.0 Å². The predicted molar refractivity (Wildman–Crippen MR) is 106 cm³/mol. The Morgan fingerprint density at radius 1 is 1.17 bits per heavy atom. The molecule has 0 amide bonds. The third-order valence-corrected chi connectivity index (χ3v) is 3.63. The number of rotatable bonds is 5. The third-order valence-electron chi connectivity index (χ3n) is 3.63. The highest BCUT2D eigenvalue weighted by atomic mass is 127. The maximum Gasteiger partial charge on any atom is 0.191 e. The molecular formula is C16H25IN6O. The van der Waals surface area contributed by atoms with Gasteiger partial charge in [-0.3, -0.25) is 4.99 Å². The summed E-state index contributed by atoms with van der Waals surface area (Å²) in [4.78, 5) is 4.23. The molecule has 0 spiro atoms. The van der Waals surface area contributed by atoms with Crippen molar-refractivity contribution in [3.8, 4) is 5.75 Å². The molecule has 7 nitrogen and oxygen atoms in total. The number of aromatic nitrogens is 3. The number of methoxy groups -OCH3 is 1. The minimum atomic E-state index is 0. The van der Waals surface area contributed by atoms with Gasteiger partial charge in [-0.2, -0.15) is 0 Å². The SMILES string of the molecule is CN=C(NCc1cc(C)cc(OC)c1)NCc1nnc(C)n1C.I. The van der Waals surface area contributed by atoms with Crippen LogP contribution in [0.4, 0.5) is 0 Å². The molecule has 8 heteroatoms. The summed E-state index contributed by atoms with van der Waals surface area (Å²) in [5.74, 6) is 3.32. The summed E-state index contributed by atoms with van der Waals surface area (Å²) in [6, 6.07) is 6.14. The van der Waals surface area contributed by atoms with E-state index in [-0.39, 0.29) is 24.0 Å². The smallest absolute Gasteiger partial charge is 0.191 e. The number of nitrogens with zero attached hydrogens (tertiary/aromatic N) is 4. The van der Waals surface area contributed by atoms with Crippen LogP contribution >= 0.6 is 24.0 Å². The van der Waals surface area contributed by atoms with Crippen LogP contribution in [0.15, 0.2) is 23.2 Å². The first-order chi connectivity index (χ1) is 11.0. The fourth-order valence-corrected chi connectivity index (χ4v) is 2.22. The highest BCUT2D eigenvalue weighted by Crippen LogP contribution is 2.16. The van der Waals surface area contributed by atoms with E-state index >= 15 is 0 Å². The summed E-state index contributed by atoms with van der Waals surface area (Å²) in [5.41, 5.74) is 2.30. The maximum absolute atomic E-state index is 5.30. The zero-order chi connectivity index (χ0) is 16.8. The Morgan fingerprint density at radius 3 is 2.46 bits per heavy atom. The molecule has 0 bridgehead atoms. The Morgan fingerprint density at radius 2 is 1.88 bits per heavy atom. The number of benzene rings is 1. The van der Waals surface area contributed by atoms with E-state index in [9.17, 15) is 0 Å². The Hall–Kier alpha value is -1.84. The third kappa shape index (κ3) is 5.36. The van der Waals surface area contributed by atoms with E-state index in [1.165, 1.54) is 5.56 Å². The number of halogens is 1. The van der Waals surface area contributed by atoms with Crippen LogP contribution in [0.3, 0.4) is 0 Å². The lowest BCUT2D eigenvalue weighted by Crippen LogP contribution is -2.36. The minimum absolute atomic E-state index is 0. The zero-order valence-electron chi connectivity index (χ0n) is 14.8. The summed E-state index contributed by atoms with van der Waals surface area (Å²) in [6.45, 7) is 5.20. The van der Waals surface area contributed by atoms with Gasteiger partial charge >= 0.3 is 0 Å². The molecular weight excluding hydrogens is 419 g/mol. The number of hydrogen-bond acceptors (Lipinski definition) is 4. The summed E-state index contributed by atoms with van der Waals surface area (Å²) < 4.78 is 7.25. The first kappa shape index (κ1) is 20.2. The van der Waals surface area contributed by atoms with Gasteiger partial charge in [-0.1, -0.05) is 6.07 Å². The average molecular weight is 444 g/mol. The van der Waals surface area contributed by atoms with Crippen molar-refractivity contribution in [2.45, 2.75) is 26.9 Å². The zero-order valence-corrected chi connectivity index (χ0v) is 17.1. The molecule has 0 atom stereocenters. The van der Waals surface area contributed by atoms with E-state index in [2.05, 4.69) is 38.8 Å². The van der Waals surface area contributed by atoms with Crippen LogP contribution in [-0.2, 0) is 20.1 Å². The Kier molecular flexibility index (Phi) is 7.96. The molecule has 2 aromatic rings. The van der Waals surface area contributed by atoms with Gasteiger partial charge in [0.25, 0.3) is 0 Å². The van der Waals surface area contributed by atoms with Crippen LogP contribution in [0, 0.1) is 13.8 Å². The number of guanidine groups is 1. The van der Waals surface area contributed by atoms with Gasteiger partial charge in [0.05, 0.1) is 13.7 Å². The van der Waals surface area contributed by atoms with Gasteiger partial charge in [0, 0.05) is 20.6 Å². The molecule has 0 aliphatic heterocycles. The maximum atomic E-state index is 5.30. The lowest BCUT2D eigenvalue weighted by molar-refractivity contribution is 0.414. The summed E-state index contributed by atoms with van der Waals surface area (Å²) in [6.07, 6.45) is 0. The van der Waals surface area contributed by atoms with E-state index in [0.717, 1.165) is 23.0 Å². The molecule has 1 aromatic heterocycles. The lowest BCUT2D eigenvalue weighted by Gasteiger charge is -2.13. The molecule has 0 aliphatic carbocycles. The summed E-state index contributed by atoms with van der Waals surface area (Å²) >= 11 is 0. The quantitative estimate of drug-likeness (QED) is 0.419. The molecule has 24 heavy (non-hydrogen) atoms. The normalized spacial score (nSPS) is 11.0. The molecule has 0 fully saturated rings. The van der Waals surface area contributed by atoms with Gasteiger partial charge in [0.1, 0.15) is 11.6 Å². The minimum Gasteiger partial charge on any atom is -0.497 e. The lowest BCUT2D eigenvalue weighted by atomic mass is 10.1. The first-order valence-corrected chi connectivity index (χ1v) is 7.47. The summed E-state index contributed by atoms with van der Waals surface area (Å²) in [7, 11) is 5.37. The van der Waals surface area contributed by atoms with Crippen molar-refractivity contribution in [3.63, 3.8) is 0 Å². The monoisotopic (exact) mass is 444 g/mol. The van der Waals surface area contributed by atoms with Gasteiger partial charge in [0.15, 0.2) is 11.8 Å². The van der Waals surface area contributed by atoms with E-state index in [0.29, 0.717) is 19.0 Å². The van der Waals surface area contributed by atoms with Crippen LogP contribution in [0.1, 0.15) is 22.8 Å². The van der Waals surface area contributed by atoms with Crippen LogP contribution in [-0.4, -0.2) is 34.9 Å². The molecule has 0 radical (unpaired) electrons. The van der Waals surface area contributed by atoms with Crippen LogP contribution in [0.2, 0.25) is 0 Å². The topological polar surface area (TPSA) is 76.4 Å². The summed E-state index contributed by atoms with van der Waals surface area (Å²) in [5, 5.41) is 14.7. The number of ether oxygens (including phenoxy) is 1. The Balaban J connectivity index is 0.00000288. The van der Waals surface area contributed by atoms with Crippen LogP contribution in [0.25, 0.3) is 0 Å². The molecule has 1 aromatic carbocycles. The van der Waals surface area contributed by atoms with E-state index in [1.54, 1.807) is 14.2 Å². The number of nitrogens with one attached hydrogen (secondary N) is 2. The number of hydrogen-bond donors (Lipinski definition) is 2. The van der Waals surface area contributed by atoms with E-state index < -0.39 is 0 Å². The molecule has 0 saturated heterocycles. The van der Waals surface area contributed by atoms with Crippen LogP contribution < -0.4 is 15.4 Å². The number of aryl methyl sites for hydroxylation is 2. The van der Waals surface area contributed by atoms with Crippen molar-refractivity contribution in [2.24, 2.45) is 12.0 Å². The van der Waals surface area contributed by atoms with Crippen LogP contribution in [0.5, 0.6) is 5.75 Å². The van der Waals surface area contributed by atoms with E-state index in [4.69, 9.17) is 4.74 Å². The Labute approximate surface area is 159 Å². The predicted octanol–water partition coefficient (Wildman–Crippen LogP) is 1.92. The van der Waals surface area contributed by atoms with Gasteiger partial charge in [-0.15, -0.1) is 34.2 Å². The second-order valence-electron chi connectivity index (χ2n) is 5.36. The molecule has 0 saturated carbocycles. The van der Waals surface area contributed by atoms with Crippen molar-refractivity contribution in [1.29, 1.82) is 0 Å². The van der Waals surface area contributed by atoms with Gasteiger partial charge in [-0.25, -0.2) is 0 Å². The van der Waals surface area contributed by atoms with Gasteiger partial charge < -0.3 is 19.9 Å². The molecule has 0 aliphatic rings. The first-order valence-electron chi connectivity index (χ1n) is 7.47. The average Bonchev–Trinajstić information content (AvgIpc) is 2.86. The molecule has 2 N–H and O–H groups in total. The van der Waals surface area contributed by atoms with Crippen molar-refractivity contribution in [1.82, 2.24) is 25.4 Å². The fraction of sp³-hybridized carbons (Fsp3) is 0.438.